The highest BCUT2D eigenvalue weighted by molar-refractivity contribution is 5.96. The van der Waals surface area contributed by atoms with E-state index in [1.807, 2.05) is 19.9 Å². The molecule has 5 heteroatoms. The van der Waals surface area contributed by atoms with Crippen LogP contribution < -0.4 is 10.1 Å². The van der Waals surface area contributed by atoms with Crippen LogP contribution in [0.1, 0.15) is 31.5 Å². The first-order chi connectivity index (χ1) is 10.1. The van der Waals surface area contributed by atoms with Crippen LogP contribution in [0.2, 0.25) is 0 Å². The Morgan fingerprint density at radius 1 is 1.29 bits per heavy atom. The van der Waals surface area contributed by atoms with E-state index in [1.165, 1.54) is 6.07 Å². The average Bonchev–Trinajstić information content (AvgIpc) is 2.45. The minimum Gasteiger partial charge on any atom is -0.432 e. The first kappa shape index (κ1) is 15.5. The maximum atomic E-state index is 12.5. The molecule has 0 aliphatic carbocycles. The van der Waals surface area contributed by atoms with Gasteiger partial charge in [0.25, 0.3) is 0 Å². The van der Waals surface area contributed by atoms with Gasteiger partial charge in [-0.3, -0.25) is 0 Å². The molecule has 0 spiro atoms. The molecular weight excluding hydrogens is 274 g/mol. The average molecular weight is 294 g/mol. The summed E-state index contributed by atoms with van der Waals surface area (Å²) in [6.07, 6.45) is 1.73. The first-order valence-electron chi connectivity index (χ1n) is 7.19. The Kier molecular flexibility index (Phi) is 4.94. The van der Waals surface area contributed by atoms with Gasteiger partial charge in [-0.15, -0.1) is 0 Å². The number of nitrogens with zero attached hydrogens (tertiary/aromatic N) is 1. The van der Waals surface area contributed by atoms with Crippen molar-refractivity contribution in [2.75, 3.05) is 11.9 Å². The van der Waals surface area contributed by atoms with E-state index in [0.29, 0.717) is 5.52 Å². The Balaban J connectivity index is 2.65. The highest BCUT2D eigenvalue weighted by Crippen LogP contribution is 2.34. The van der Waals surface area contributed by atoms with Crippen LogP contribution >= 0.6 is 0 Å². The van der Waals surface area contributed by atoms with Crippen LogP contribution in [0.5, 0.6) is 5.75 Å². The van der Waals surface area contributed by atoms with E-state index >= 15 is 0 Å². The fraction of sp³-hybridized carbons (Fsp3) is 0.438. The van der Waals surface area contributed by atoms with Crippen molar-refractivity contribution in [1.29, 1.82) is 0 Å². The third-order valence-corrected chi connectivity index (χ3v) is 3.43. The molecule has 0 fully saturated rings. The Bertz CT molecular complexity index is 629. The minimum absolute atomic E-state index is 0.122. The summed E-state index contributed by atoms with van der Waals surface area (Å²) >= 11 is 0. The first-order valence-corrected chi connectivity index (χ1v) is 7.19. The highest BCUT2D eigenvalue weighted by atomic mass is 19.3. The third-order valence-electron chi connectivity index (χ3n) is 3.43. The van der Waals surface area contributed by atoms with E-state index in [2.05, 4.69) is 22.0 Å². The van der Waals surface area contributed by atoms with Crippen LogP contribution in [0.4, 0.5) is 14.5 Å². The standard InChI is InChI=1S/C16H20F2N2O/c1-4-9-19-14-10(3)12(5-2)20-15-11(14)7-6-8-13(15)21-16(17)18/h6-8,16H,4-5,9H2,1-3H3,(H,19,20). The Morgan fingerprint density at radius 3 is 2.67 bits per heavy atom. The number of hydrogen-bond donors (Lipinski definition) is 1. The molecule has 2 rings (SSSR count). The molecule has 1 aromatic carbocycles. The normalized spacial score (nSPS) is 11.1. The molecule has 0 unspecified atom stereocenters. The summed E-state index contributed by atoms with van der Waals surface area (Å²) in [6, 6.07) is 5.12. The van der Waals surface area contributed by atoms with Crippen LogP contribution in [-0.2, 0) is 6.42 Å². The van der Waals surface area contributed by atoms with Crippen LogP contribution in [0.25, 0.3) is 10.9 Å². The van der Waals surface area contributed by atoms with Gasteiger partial charge in [0.15, 0.2) is 5.75 Å². The van der Waals surface area contributed by atoms with Crippen molar-refractivity contribution < 1.29 is 13.5 Å². The number of hydrogen-bond acceptors (Lipinski definition) is 3. The molecular formula is C16H20F2N2O. The van der Waals surface area contributed by atoms with Gasteiger partial charge in [0.2, 0.25) is 0 Å². The van der Waals surface area contributed by atoms with Gasteiger partial charge in [-0.2, -0.15) is 8.78 Å². The molecule has 114 valence electrons. The zero-order valence-electron chi connectivity index (χ0n) is 12.5. The van der Waals surface area contributed by atoms with Crippen molar-refractivity contribution in [2.24, 2.45) is 0 Å². The Morgan fingerprint density at radius 2 is 2.05 bits per heavy atom. The smallest absolute Gasteiger partial charge is 0.387 e. The van der Waals surface area contributed by atoms with Gasteiger partial charge < -0.3 is 10.1 Å². The number of pyridine rings is 1. The molecule has 0 aliphatic heterocycles. The number of para-hydroxylation sites is 1. The van der Waals surface area contributed by atoms with E-state index in [9.17, 15) is 8.78 Å². The largest absolute Gasteiger partial charge is 0.432 e. The SMILES string of the molecule is CCCNc1c(C)c(CC)nc2c(OC(F)F)cccc12. The number of nitrogens with one attached hydrogen (secondary N) is 1. The third kappa shape index (κ3) is 3.23. The number of aryl methyl sites for hydroxylation is 1. The van der Waals surface area contributed by atoms with E-state index in [1.54, 1.807) is 6.07 Å². The second kappa shape index (κ2) is 6.70. The molecule has 1 aromatic heterocycles. The van der Waals surface area contributed by atoms with Gasteiger partial charge in [0.05, 0.1) is 0 Å². The van der Waals surface area contributed by atoms with Crippen LogP contribution in [0.15, 0.2) is 18.2 Å². The number of alkyl halides is 2. The van der Waals surface area contributed by atoms with Crippen molar-refractivity contribution in [1.82, 2.24) is 4.98 Å². The molecule has 0 saturated heterocycles. The van der Waals surface area contributed by atoms with Crippen molar-refractivity contribution in [3.63, 3.8) is 0 Å². The molecule has 21 heavy (non-hydrogen) atoms. The summed E-state index contributed by atoms with van der Waals surface area (Å²) < 4.78 is 29.7. The van der Waals surface area contributed by atoms with Gasteiger partial charge in [-0.25, -0.2) is 4.98 Å². The number of rotatable bonds is 6. The van der Waals surface area contributed by atoms with E-state index in [4.69, 9.17) is 0 Å². The maximum Gasteiger partial charge on any atom is 0.387 e. The second-order valence-electron chi connectivity index (χ2n) is 4.87. The van der Waals surface area contributed by atoms with Gasteiger partial charge >= 0.3 is 6.61 Å². The fourth-order valence-electron chi connectivity index (χ4n) is 2.42. The van der Waals surface area contributed by atoms with Crippen LogP contribution in [0, 0.1) is 6.92 Å². The lowest BCUT2D eigenvalue weighted by atomic mass is 10.0. The number of ether oxygens (including phenoxy) is 1. The lowest BCUT2D eigenvalue weighted by Gasteiger charge is -2.17. The molecule has 0 atom stereocenters. The van der Waals surface area contributed by atoms with Crippen LogP contribution in [0.3, 0.4) is 0 Å². The molecule has 0 amide bonds. The number of fused-ring (bicyclic) bond motifs is 1. The van der Waals surface area contributed by atoms with Gasteiger partial charge in [0.1, 0.15) is 5.52 Å². The Hall–Kier alpha value is -1.91. The van der Waals surface area contributed by atoms with Gasteiger partial charge in [-0.1, -0.05) is 26.0 Å². The molecule has 0 bridgehead atoms. The summed E-state index contributed by atoms with van der Waals surface area (Å²) in [5, 5.41) is 4.19. The van der Waals surface area contributed by atoms with Crippen molar-refractivity contribution in [3.05, 3.63) is 29.5 Å². The molecule has 0 saturated carbocycles. The monoisotopic (exact) mass is 294 g/mol. The van der Waals surface area contributed by atoms with Crippen molar-refractivity contribution in [3.8, 4) is 5.75 Å². The molecule has 0 aliphatic rings. The second-order valence-corrected chi connectivity index (χ2v) is 4.87. The summed E-state index contributed by atoms with van der Waals surface area (Å²) in [6.45, 7) is 4.06. The van der Waals surface area contributed by atoms with E-state index in [-0.39, 0.29) is 5.75 Å². The lowest BCUT2D eigenvalue weighted by molar-refractivity contribution is -0.0489. The number of anilines is 1. The Labute approximate surface area is 123 Å². The number of halogens is 2. The molecule has 1 heterocycles. The quantitative estimate of drug-likeness (QED) is 0.850. The summed E-state index contributed by atoms with van der Waals surface area (Å²) in [5.41, 5.74) is 3.40. The highest BCUT2D eigenvalue weighted by Gasteiger charge is 2.15. The number of aromatic nitrogens is 1. The topological polar surface area (TPSA) is 34.2 Å². The summed E-state index contributed by atoms with van der Waals surface area (Å²) in [7, 11) is 0. The van der Waals surface area contributed by atoms with E-state index in [0.717, 1.165) is 41.7 Å². The zero-order valence-corrected chi connectivity index (χ0v) is 12.5. The van der Waals surface area contributed by atoms with Crippen molar-refractivity contribution >= 4 is 16.6 Å². The van der Waals surface area contributed by atoms with Crippen LogP contribution in [-0.4, -0.2) is 18.1 Å². The summed E-state index contributed by atoms with van der Waals surface area (Å²) in [4.78, 5) is 4.52. The molecule has 2 aromatic rings. The fourth-order valence-corrected chi connectivity index (χ4v) is 2.42. The minimum atomic E-state index is -2.85. The molecule has 0 radical (unpaired) electrons. The maximum absolute atomic E-state index is 12.5. The number of benzene rings is 1. The predicted molar refractivity (Wildman–Crippen MR) is 81.3 cm³/mol. The van der Waals surface area contributed by atoms with Gasteiger partial charge in [-0.05, 0) is 31.4 Å². The predicted octanol–water partition coefficient (Wildman–Crippen LogP) is 4.53. The van der Waals surface area contributed by atoms with Gasteiger partial charge in [0, 0.05) is 23.3 Å². The zero-order chi connectivity index (χ0) is 15.4. The van der Waals surface area contributed by atoms with E-state index < -0.39 is 6.61 Å². The molecule has 1 N–H and O–H groups in total. The van der Waals surface area contributed by atoms with Crippen molar-refractivity contribution in [2.45, 2.75) is 40.2 Å². The lowest BCUT2D eigenvalue weighted by Crippen LogP contribution is -2.08. The molecule has 3 nitrogen and oxygen atoms in total. The summed E-state index contributed by atoms with van der Waals surface area (Å²) in [5.74, 6) is 0.122.